The number of nitrogens with zero attached hydrogens (tertiary/aromatic N) is 1. The highest BCUT2D eigenvalue weighted by Crippen LogP contribution is 2.12. The summed E-state index contributed by atoms with van der Waals surface area (Å²) in [4.78, 5) is 24.3. The molecule has 0 aromatic carbocycles. The van der Waals surface area contributed by atoms with Gasteiger partial charge in [-0.15, -0.1) is 0 Å². The minimum atomic E-state index is -0.999. The van der Waals surface area contributed by atoms with Gasteiger partial charge in [0.05, 0.1) is 6.10 Å². The van der Waals surface area contributed by atoms with Crippen LogP contribution in [0.15, 0.2) is 0 Å². The van der Waals surface area contributed by atoms with Crippen molar-refractivity contribution in [3.05, 3.63) is 0 Å². The van der Waals surface area contributed by atoms with Gasteiger partial charge in [0.15, 0.2) is 0 Å². The molecule has 0 radical (unpaired) electrons. The lowest BCUT2D eigenvalue weighted by atomic mass is 10.1. The van der Waals surface area contributed by atoms with E-state index in [0.29, 0.717) is 19.5 Å². The van der Waals surface area contributed by atoms with Gasteiger partial charge in [0, 0.05) is 20.2 Å². The highest BCUT2D eigenvalue weighted by Gasteiger charge is 2.26. The summed E-state index contributed by atoms with van der Waals surface area (Å²) in [5.41, 5.74) is 0. The third kappa shape index (κ3) is 3.89. The van der Waals surface area contributed by atoms with Crippen LogP contribution in [-0.4, -0.2) is 54.4 Å². The molecular formula is C11H20N2O4. The van der Waals surface area contributed by atoms with Crippen LogP contribution in [0.5, 0.6) is 0 Å². The largest absolute Gasteiger partial charge is 0.480 e. The standard InChI is InChI=1S/C11H20N2O4/c1-3-9(10(14)15)12-11(16)13-6-4-5-8(7-13)17-2/h8-9H,3-7H2,1-2H3,(H,12,16)(H,14,15)/t8?,9-/m1/s1. The summed E-state index contributed by atoms with van der Waals surface area (Å²) in [6.45, 7) is 2.91. The summed E-state index contributed by atoms with van der Waals surface area (Å²) < 4.78 is 5.21. The van der Waals surface area contributed by atoms with Gasteiger partial charge in [-0.3, -0.25) is 0 Å². The molecule has 6 heteroatoms. The van der Waals surface area contributed by atoms with Crippen molar-refractivity contribution in [3.8, 4) is 0 Å². The number of aliphatic carboxylic acids is 1. The first-order chi connectivity index (χ1) is 8.08. The number of amides is 2. The van der Waals surface area contributed by atoms with Crippen LogP contribution in [0.2, 0.25) is 0 Å². The number of urea groups is 1. The summed E-state index contributed by atoms with van der Waals surface area (Å²) in [5.74, 6) is -0.999. The molecule has 0 aromatic heterocycles. The van der Waals surface area contributed by atoms with E-state index in [1.54, 1.807) is 18.9 Å². The molecule has 0 aromatic rings. The van der Waals surface area contributed by atoms with Gasteiger partial charge in [-0.2, -0.15) is 0 Å². The summed E-state index contributed by atoms with van der Waals surface area (Å²) >= 11 is 0. The average molecular weight is 244 g/mol. The van der Waals surface area contributed by atoms with Crippen molar-refractivity contribution < 1.29 is 19.4 Å². The molecule has 0 aliphatic carbocycles. The molecule has 2 atom stereocenters. The summed E-state index contributed by atoms with van der Waals surface area (Å²) in [5, 5.41) is 11.4. The molecule has 0 spiro atoms. The molecule has 1 aliphatic rings. The molecular weight excluding hydrogens is 224 g/mol. The van der Waals surface area contributed by atoms with E-state index in [9.17, 15) is 9.59 Å². The quantitative estimate of drug-likeness (QED) is 0.762. The molecule has 6 nitrogen and oxygen atoms in total. The number of carbonyl (C=O) groups excluding carboxylic acids is 1. The number of piperidine rings is 1. The first-order valence-corrected chi connectivity index (χ1v) is 5.89. The minimum Gasteiger partial charge on any atom is -0.480 e. The van der Waals surface area contributed by atoms with Crippen molar-refractivity contribution in [2.24, 2.45) is 0 Å². The molecule has 1 rings (SSSR count). The number of carbonyl (C=O) groups is 2. The smallest absolute Gasteiger partial charge is 0.326 e. The number of methoxy groups -OCH3 is 1. The van der Waals surface area contributed by atoms with Crippen LogP contribution < -0.4 is 5.32 Å². The Labute approximate surface area is 101 Å². The van der Waals surface area contributed by atoms with Crippen molar-refractivity contribution in [2.45, 2.75) is 38.3 Å². The van der Waals surface area contributed by atoms with E-state index in [1.165, 1.54) is 0 Å². The van der Waals surface area contributed by atoms with Gasteiger partial charge >= 0.3 is 12.0 Å². The van der Waals surface area contributed by atoms with Crippen molar-refractivity contribution >= 4 is 12.0 Å². The monoisotopic (exact) mass is 244 g/mol. The number of nitrogens with one attached hydrogen (secondary N) is 1. The number of hydrogen-bond donors (Lipinski definition) is 2. The van der Waals surface area contributed by atoms with Crippen molar-refractivity contribution in [1.82, 2.24) is 10.2 Å². The highest BCUT2D eigenvalue weighted by molar-refractivity contribution is 5.82. The average Bonchev–Trinajstić information content (AvgIpc) is 2.35. The maximum Gasteiger partial charge on any atom is 0.326 e. The van der Waals surface area contributed by atoms with E-state index in [4.69, 9.17) is 9.84 Å². The molecule has 1 saturated heterocycles. The lowest BCUT2D eigenvalue weighted by Gasteiger charge is -2.32. The molecule has 1 fully saturated rings. The fraction of sp³-hybridized carbons (Fsp3) is 0.818. The summed E-state index contributed by atoms with van der Waals surface area (Å²) in [7, 11) is 1.62. The van der Waals surface area contributed by atoms with E-state index >= 15 is 0 Å². The third-order valence-corrected chi connectivity index (χ3v) is 3.00. The molecule has 0 bridgehead atoms. The van der Waals surface area contributed by atoms with Crippen LogP contribution in [0, 0.1) is 0 Å². The lowest BCUT2D eigenvalue weighted by molar-refractivity contribution is -0.139. The highest BCUT2D eigenvalue weighted by atomic mass is 16.5. The van der Waals surface area contributed by atoms with E-state index in [1.807, 2.05) is 0 Å². The number of carboxylic acid groups (broad SMARTS) is 1. The second-order valence-electron chi connectivity index (χ2n) is 4.19. The molecule has 0 saturated carbocycles. The Kier molecular flexibility index (Phi) is 5.21. The van der Waals surface area contributed by atoms with Gasteiger partial charge in [-0.1, -0.05) is 6.92 Å². The maximum atomic E-state index is 11.8. The van der Waals surface area contributed by atoms with Gasteiger partial charge in [0.25, 0.3) is 0 Å². The Hall–Kier alpha value is -1.30. The third-order valence-electron chi connectivity index (χ3n) is 3.00. The lowest BCUT2D eigenvalue weighted by Crippen LogP contribution is -2.51. The topological polar surface area (TPSA) is 78.9 Å². The van der Waals surface area contributed by atoms with Gasteiger partial charge in [0.1, 0.15) is 6.04 Å². The predicted molar refractivity (Wildman–Crippen MR) is 61.9 cm³/mol. The fourth-order valence-electron chi connectivity index (χ4n) is 1.89. The fourth-order valence-corrected chi connectivity index (χ4v) is 1.89. The first kappa shape index (κ1) is 13.8. The van der Waals surface area contributed by atoms with E-state index in [2.05, 4.69) is 5.32 Å². The molecule has 2 amide bonds. The first-order valence-electron chi connectivity index (χ1n) is 5.89. The zero-order valence-corrected chi connectivity index (χ0v) is 10.3. The number of likely N-dealkylation sites (tertiary alicyclic amines) is 1. The predicted octanol–water partition coefficient (Wildman–Crippen LogP) is 0.670. The summed E-state index contributed by atoms with van der Waals surface area (Å²) in [6.07, 6.45) is 2.26. The number of carboxylic acids is 1. The molecule has 17 heavy (non-hydrogen) atoms. The van der Waals surface area contributed by atoms with Crippen LogP contribution in [0.3, 0.4) is 0 Å². The van der Waals surface area contributed by atoms with Crippen molar-refractivity contribution in [2.75, 3.05) is 20.2 Å². The summed E-state index contributed by atoms with van der Waals surface area (Å²) in [6, 6.07) is -1.13. The van der Waals surface area contributed by atoms with E-state index in [0.717, 1.165) is 12.8 Å². The molecule has 1 unspecified atom stereocenters. The van der Waals surface area contributed by atoms with Crippen LogP contribution in [-0.2, 0) is 9.53 Å². The maximum absolute atomic E-state index is 11.8. The second-order valence-corrected chi connectivity index (χ2v) is 4.19. The minimum absolute atomic E-state index is 0.0550. The normalized spacial score (nSPS) is 22.0. The number of ether oxygens (including phenoxy) is 1. The Bertz CT molecular complexity index is 283. The molecule has 1 heterocycles. The van der Waals surface area contributed by atoms with Crippen molar-refractivity contribution in [3.63, 3.8) is 0 Å². The van der Waals surface area contributed by atoms with Gasteiger partial charge in [-0.25, -0.2) is 9.59 Å². The van der Waals surface area contributed by atoms with Crippen LogP contribution in [0.1, 0.15) is 26.2 Å². The Balaban J connectivity index is 2.48. The zero-order chi connectivity index (χ0) is 12.8. The van der Waals surface area contributed by atoms with Gasteiger partial charge in [-0.05, 0) is 19.3 Å². The van der Waals surface area contributed by atoms with Crippen LogP contribution in [0.25, 0.3) is 0 Å². The zero-order valence-electron chi connectivity index (χ0n) is 10.3. The van der Waals surface area contributed by atoms with Crippen LogP contribution >= 0.6 is 0 Å². The Morgan fingerprint density at radius 2 is 2.29 bits per heavy atom. The molecule has 1 aliphatic heterocycles. The van der Waals surface area contributed by atoms with E-state index in [-0.39, 0.29) is 12.1 Å². The van der Waals surface area contributed by atoms with Crippen LogP contribution in [0.4, 0.5) is 4.79 Å². The SMILES string of the molecule is CC[C@@H](NC(=O)N1CCCC(OC)C1)C(=O)O. The van der Waals surface area contributed by atoms with Crippen molar-refractivity contribution in [1.29, 1.82) is 0 Å². The number of rotatable bonds is 4. The Morgan fingerprint density at radius 3 is 2.82 bits per heavy atom. The second kappa shape index (κ2) is 6.44. The van der Waals surface area contributed by atoms with Gasteiger partial charge in [0.2, 0.25) is 0 Å². The molecule has 98 valence electrons. The van der Waals surface area contributed by atoms with Gasteiger partial charge < -0.3 is 20.1 Å². The Morgan fingerprint density at radius 1 is 1.59 bits per heavy atom. The van der Waals surface area contributed by atoms with E-state index < -0.39 is 12.0 Å². The number of hydrogen-bond acceptors (Lipinski definition) is 3. The molecule has 2 N–H and O–H groups in total.